The molecule has 0 spiro atoms. The number of ether oxygens (including phenoxy) is 1. The molecule has 0 bridgehead atoms. The molecule has 1 aliphatic heterocycles. The number of Topliss-reactive ketones (excluding diaryl/α,β-unsaturated/α-hetero) is 1. The van der Waals surface area contributed by atoms with Crippen LogP contribution in [0.25, 0.3) is 0 Å². The average molecular weight is 423 g/mol. The molecular weight excluding hydrogens is 392 g/mol. The Bertz CT molecular complexity index is 924. The minimum atomic E-state index is -0.351. The highest BCUT2D eigenvalue weighted by atomic mass is 32.1. The first-order valence-corrected chi connectivity index (χ1v) is 11.1. The van der Waals surface area contributed by atoms with Crippen LogP contribution in [0.3, 0.4) is 0 Å². The molecule has 1 heterocycles. The van der Waals surface area contributed by atoms with Crippen LogP contribution in [0.15, 0.2) is 65.9 Å². The van der Waals surface area contributed by atoms with Crippen LogP contribution in [0, 0.1) is 0 Å². The number of unbranched alkanes of at least 4 members (excludes halogenated alkanes) is 1. The van der Waals surface area contributed by atoms with E-state index in [-0.39, 0.29) is 11.8 Å². The molecule has 0 fully saturated rings. The molecule has 0 saturated heterocycles. The number of rotatable bonds is 9. The standard InChI is InChI=1S/C25H30N2O2S/c1-4-6-17-29-21-15-11-10-14-20(21)23-22(24(28)19-12-8-7-9-13-19)18(3)27(16-5-2)25(30)26-23/h7-15,23H,4-6,16-17H2,1-3H3,(H,26,30). The number of nitrogens with one attached hydrogen (secondary N) is 1. The Morgan fingerprint density at radius 1 is 1.07 bits per heavy atom. The molecule has 1 aliphatic rings. The van der Waals surface area contributed by atoms with Gasteiger partial charge in [-0.1, -0.05) is 68.8 Å². The average Bonchev–Trinajstić information content (AvgIpc) is 2.77. The zero-order valence-corrected chi connectivity index (χ0v) is 18.8. The highest BCUT2D eigenvalue weighted by Gasteiger charge is 2.35. The Kier molecular flexibility index (Phi) is 7.63. The summed E-state index contributed by atoms with van der Waals surface area (Å²) in [6.07, 6.45) is 2.99. The fraction of sp³-hybridized carbons (Fsp3) is 0.360. The molecule has 4 nitrogen and oxygen atoms in total. The van der Waals surface area contributed by atoms with Crippen molar-refractivity contribution in [3.8, 4) is 5.75 Å². The summed E-state index contributed by atoms with van der Waals surface area (Å²) in [7, 11) is 0. The minimum Gasteiger partial charge on any atom is -0.493 e. The molecular formula is C25H30N2O2S. The normalized spacial score (nSPS) is 16.4. The van der Waals surface area contributed by atoms with Crippen LogP contribution >= 0.6 is 12.2 Å². The molecule has 2 aromatic rings. The third-order valence-corrected chi connectivity index (χ3v) is 5.65. The molecule has 1 unspecified atom stereocenters. The number of hydrogen-bond acceptors (Lipinski definition) is 3. The van der Waals surface area contributed by atoms with Crippen LogP contribution in [0.2, 0.25) is 0 Å². The number of nitrogens with zero attached hydrogens (tertiary/aromatic N) is 1. The largest absolute Gasteiger partial charge is 0.493 e. The Morgan fingerprint density at radius 2 is 1.77 bits per heavy atom. The molecule has 3 rings (SSSR count). The summed E-state index contributed by atoms with van der Waals surface area (Å²) in [5, 5.41) is 4.07. The van der Waals surface area contributed by atoms with Gasteiger partial charge in [0, 0.05) is 28.9 Å². The summed E-state index contributed by atoms with van der Waals surface area (Å²) in [6.45, 7) is 7.66. The smallest absolute Gasteiger partial charge is 0.193 e. The molecule has 2 aromatic carbocycles. The van der Waals surface area contributed by atoms with Gasteiger partial charge in [-0.25, -0.2) is 0 Å². The van der Waals surface area contributed by atoms with Crippen molar-refractivity contribution in [2.24, 2.45) is 0 Å². The molecule has 0 radical (unpaired) electrons. The Hall–Kier alpha value is -2.66. The van der Waals surface area contributed by atoms with Crippen molar-refractivity contribution in [2.45, 2.75) is 46.1 Å². The van der Waals surface area contributed by atoms with Gasteiger partial charge >= 0.3 is 0 Å². The number of hydrogen-bond donors (Lipinski definition) is 1. The van der Waals surface area contributed by atoms with Gasteiger partial charge in [0.1, 0.15) is 5.75 Å². The number of benzene rings is 2. The van der Waals surface area contributed by atoms with E-state index in [9.17, 15) is 4.79 Å². The van der Waals surface area contributed by atoms with Crippen LogP contribution in [0.5, 0.6) is 5.75 Å². The van der Waals surface area contributed by atoms with E-state index in [0.29, 0.717) is 17.3 Å². The summed E-state index contributed by atoms with van der Waals surface area (Å²) >= 11 is 5.68. The van der Waals surface area contributed by atoms with E-state index in [1.54, 1.807) is 0 Å². The van der Waals surface area contributed by atoms with E-state index in [1.807, 2.05) is 66.4 Å². The fourth-order valence-corrected chi connectivity index (χ4v) is 4.07. The molecule has 1 N–H and O–H groups in total. The maximum absolute atomic E-state index is 13.6. The van der Waals surface area contributed by atoms with E-state index < -0.39 is 0 Å². The first-order valence-electron chi connectivity index (χ1n) is 10.7. The lowest BCUT2D eigenvalue weighted by Crippen LogP contribution is -2.48. The second kappa shape index (κ2) is 10.4. The molecule has 0 aromatic heterocycles. The van der Waals surface area contributed by atoms with Crippen LogP contribution in [0.1, 0.15) is 62.0 Å². The van der Waals surface area contributed by atoms with Crippen molar-refractivity contribution in [1.82, 2.24) is 10.2 Å². The van der Waals surface area contributed by atoms with E-state index in [4.69, 9.17) is 17.0 Å². The molecule has 5 heteroatoms. The number of thiocarbonyl (C=S) groups is 1. The SMILES string of the molecule is CCCCOc1ccccc1C1NC(=S)N(CCC)C(C)=C1C(=O)c1ccccc1. The fourth-order valence-electron chi connectivity index (χ4n) is 3.72. The van der Waals surface area contributed by atoms with Crippen LogP contribution in [0.4, 0.5) is 0 Å². The van der Waals surface area contributed by atoms with E-state index in [0.717, 1.165) is 48.4 Å². The van der Waals surface area contributed by atoms with Crippen molar-refractivity contribution < 1.29 is 9.53 Å². The van der Waals surface area contributed by atoms with Crippen molar-refractivity contribution in [1.29, 1.82) is 0 Å². The highest BCUT2D eigenvalue weighted by molar-refractivity contribution is 7.80. The van der Waals surface area contributed by atoms with Crippen molar-refractivity contribution in [3.63, 3.8) is 0 Å². The number of ketones is 1. The van der Waals surface area contributed by atoms with Gasteiger partial charge in [0.25, 0.3) is 0 Å². The van der Waals surface area contributed by atoms with Gasteiger partial charge in [0.2, 0.25) is 0 Å². The minimum absolute atomic E-state index is 0.0116. The van der Waals surface area contributed by atoms with Crippen molar-refractivity contribution >= 4 is 23.1 Å². The van der Waals surface area contributed by atoms with Gasteiger partial charge in [-0.3, -0.25) is 4.79 Å². The van der Waals surface area contributed by atoms with Crippen LogP contribution < -0.4 is 10.1 Å². The monoisotopic (exact) mass is 422 g/mol. The highest BCUT2D eigenvalue weighted by Crippen LogP contribution is 2.37. The number of carbonyl (C=O) groups is 1. The van der Waals surface area contributed by atoms with Gasteiger partial charge in [0.15, 0.2) is 10.9 Å². The van der Waals surface area contributed by atoms with Gasteiger partial charge in [-0.15, -0.1) is 0 Å². The Labute approximate surface area is 184 Å². The lowest BCUT2D eigenvalue weighted by atomic mass is 9.88. The molecule has 30 heavy (non-hydrogen) atoms. The summed E-state index contributed by atoms with van der Waals surface area (Å²) in [6, 6.07) is 17.0. The lowest BCUT2D eigenvalue weighted by molar-refractivity contribution is 0.102. The Morgan fingerprint density at radius 3 is 2.47 bits per heavy atom. The topological polar surface area (TPSA) is 41.6 Å². The van der Waals surface area contributed by atoms with E-state index in [1.165, 1.54) is 0 Å². The third kappa shape index (κ3) is 4.73. The van der Waals surface area contributed by atoms with E-state index >= 15 is 0 Å². The molecule has 0 aliphatic carbocycles. The van der Waals surface area contributed by atoms with Gasteiger partial charge in [-0.05, 0) is 38.0 Å². The predicted octanol–water partition coefficient (Wildman–Crippen LogP) is 5.66. The number of para-hydroxylation sites is 1. The van der Waals surface area contributed by atoms with Crippen LogP contribution in [-0.2, 0) is 0 Å². The van der Waals surface area contributed by atoms with Gasteiger partial charge in [0.05, 0.1) is 12.6 Å². The zero-order valence-electron chi connectivity index (χ0n) is 18.0. The first-order chi connectivity index (χ1) is 14.6. The maximum atomic E-state index is 13.6. The molecule has 0 saturated carbocycles. The molecule has 1 atom stereocenters. The summed E-state index contributed by atoms with van der Waals surface area (Å²) in [4.78, 5) is 15.6. The second-order valence-electron chi connectivity index (χ2n) is 7.47. The van der Waals surface area contributed by atoms with Crippen molar-refractivity contribution in [3.05, 3.63) is 77.0 Å². The maximum Gasteiger partial charge on any atom is 0.193 e. The predicted molar refractivity (Wildman–Crippen MR) is 126 cm³/mol. The molecule has 0 amide bonds. The lowest BCUT2D eigenvalue weighted by Gasteiger charge is -2.38. The summed E-state index contributed by atoms with van der Waals surface area (Å²) in [5.41, 5.74) is 3.23. The Balaban J connectivity index is 2.08. The quantitative estimate of drug-likeness (QED) is 0.321. The first kappa shape index (κ1) is 22.0. The number of carbonyl (C=O) groups excluding carboxylic acids is 1. The number of allylic oxidation sites excluding steroid dienone is 1. The third-order valence-electron chi connectivity index (χ3n) is 5.31. The van der Waals surface area contributed by atoms with Gasteiger partial charge in [-0.2, -0.15) is 0 Å². The zero-order chi connectivity index (χ0) is 21.5. The van der Waals surface area contributed by atoms with Gasteiger partial charge < -0.3 is 15.0 Å². The van der Waals surface area contributed by atoms with E-state index in [2.05, 4.69) is 19.2 Å². The summed E-state index contributed by atoms with van der Waals surface area (Å²) in [5.74, 6) is 0.805. The summed E-state index contributed by atoms with van der Waals surface area (Å²) < 4.78 is 6.08. The second-order valence-corrected chi connectivity index (χ2v) is 7.85. The van der Waals surface area contributed by atoms with Crippen molar-refractivity contribution in [2.75, 3.05) is 13.2 Å². The molecule has 158 valence electrons. The van der Waals surface area contributed by atoms with Crippen LogP contribution in [-0.4, -0.2) is 28.9 Å².